The first-order valence-electron chi connectivity index (χ1n) is 5.89. The van der Waals surface area contributed by atoms with Crippen LogP contribution in [-0.4, -0.2) is 48.6 Å². The Labute approximate surface area is 105 Å². The van der Waals surface area contributed by atoms with Gasteiger partial charge in [0.1, 0.15) is 11.8 Å². The first-order chi connectivity index (χ1) is 8.52. The molecule has 1 amide bonds. The summed E-state index contributed by atoms with van der Waals surface area (Å²) in [6.07, 6.45) is 1.34. The summed E-state index contributed by atoms with van der Waals surface area (Å²) in [6.45, 7) is 0.815. The molecule has 4 N–H and O–H groups in total. The first kappa shape index (κ1) is 14.6. The normalized spacial score (nSPS) is 20.1. The fraction of sp³-hybridized carbons (Fsp3) is 0.727. The van der Waals surface area contributed by atoms with Crippen molar-refractivity contribution in [2.75, 3.05) is 19.8 Å². The van der Waals surface area contributed by atoms with Crippen LogP contribution in [0.2, 0.25) is 0 Å². The van der Waals surface area contributed by atoms with Crippen LogP contribution in [0.3, 0.4) is 0 Å². The lowest BCUT2D eigenvalue weighted by atomic mass is 9.83. The van der Waals surface area contributed by atoms with Crippen LogP contribution in [0, 0.1) is 5.92 Å². The Morgan fingerprint density at radius 2 is 2.22 bits per heavy atom. The third-order valence-corrected chi connectivity index (χ3v) is 2.82. The van der Waals surface area contributed by atoms with Gasteiger partial charge in [-0.05, 0) is 12.8 Å². The lowest BCUT2D eigenvalue weighted by Crippen LogP contribution is -2.42. The molecule has 0 radical (unpaired) electrons. The number of Topliss-reactive ketones (excluding diaryl/α,β-unsaturated/α-hetero) is 1. The fourth-order valence-electron chi connectivity index (χ4n) is 1.49. The molecular formula is C11H18N2O5. The molecule has 0 aromatic carbocycles. The highest BCUT2D eigenvalue weighted by Gasteiger charge is 2.34. The predicted molar refractivity (Wildman–Crippen MR) is 61.8 cm³/mol. The van der Waals surface area contributed by atoms with Gasteiger partial charge in [0.25, 0.3) is 0 Å². The number of amides is 1. The summed E-state index contributed by atoms with van der Waals surface area (Å²) in [6, 6.07) is -0.924. The summed E-state index contributed by atoms with van der Waals surface area (Å²) in [4.78, 5) is 32.7. The van der Waals surface area contributed by atoms with Gasteiger partial charge < -0.3 is 20.9 Å². The predicted octanol–water partition coefficient (Wildman–Crippen LogP) is -1.10. The number of nitrogens with two attached hydrogens (primary N) is 1. The maximum Gasteiger partial charge on any atom is 0.320 e. The van der Waals surface area contributed by atoms with Gasteiger partial charge in [0.05, 0.1) is 12.5 Å². The van der Waals surface area contributed by atoms with E-state index in [4.69, 9.17) is 15.6 Å². The molecule has 2 unspecified atom stereocenters. The van der Waals surface area contributed by atoms with E-state index in [2.05, 4.69) is 5.32 Å². The second kappa shape index (κ2) is 7.07. The van der Waals surface area contributed by atoms with Crippen molar-refractivity contribution < 1.29 is 24.2 Å². The van der Waals surface area contributed by atoms with Crippen molar-refractivity contribution >= 4 is 17.7 Å². The highest BCUT2D eigenvalue weighted by Crippen LogP contribution is 2.21. The summed E-state index contributed by atoms with van der Waals surface area (Å²) >= 11 is 0. The average Bonchev–Trinajstić information content (AvgIpc) is 2.31. The van der Waals surface area contributed by atoms with Crippen molar-refractivity contribution in [3.05, 3.63) is 0 Å². The Hall–Kier alpha value is -1.47. The molecule has 0 aromatic heterocycles. The number of hydrogen-bond donors (Lipinski definition) is 3. The van der Waals surface area contributed by atoms with E-state index in [9.17, 15) is 14.4 Å². The highest BCUT2D eigenvalue weighted by atomic mass is 16.5. The van der Waals surface area contributed by atoms with Crippen molar-refractivity contribution in [1.82, 2.24) is 5.32 Å². The Morgan fingerprint density at radius 1 is 1.50 bits per heavy atom. The van der Waals surface area contributed by atoms with E-state index in [1.54, 1.807) is 0 Å². The molecule has 102 valence electrons. The van der Waals surface area contributed by atoms with Gasteiger partial charge in [-0.15, -0.1) is 0 Å². The van der Waals surface area contributed by atoms with Crippen LogP contribution in [0.25, 0.3) is 0 Å². The first-order valence-corrected chi connectivity index (χ1v) is 5.89. The largest absolute Gasteiger partial charge is 0.480 e. The van der Waals surface area contributed by atoms with Crippen LogP contribution in [-0.2, 0) is 19.1 Å². The van der Waals surface area contributed by atoms with E-state index in [1.165, 1.54) is 0 Å². The van der Waals surface area contributed by atoms with Crippen LogP contribution in [0.5, 0.6) is 0 Å². The zero-order valence-corrected chi connectivity index (χ0v) is 10.1. The minimum Gasteiger partial charge on any atom is -0.480 e. The lowest BCUT2D eigenvalue weighted by Gasteiger charge is -2.22. The van der Waals surface area contributed by atoms with Gasteiger partial charge in [-0.3, -0.25) is 14.4 Å². The van der Waals surface area contributed by atoms with E-state index in [1.807, 2.05) is 0 Å². The summed E-state index contributed by atoms with van der Waals surface area (Å²) in [5.41, 5.74) is 5.27. The third kappa shape index (κ3) is 4.42. The number of hydrogen-bond acceptors (Lipinski definition) is 5. The molecule has 0 spiro atoms. The smallest absolute Gasteiger partial charge is 0.320 e. The minimum absolute atomic E-state index is 0.0131. The van der Waals surface area contributed by atoms with Gasteiger partial charge in [-0.25, -0.2) is 0 Å². The highest BCUT2D eigenvalue weighted by molar-refractivity contribution is 6.05. The van der Waals surface area contributed by atoms with Gasteiger partial charge in [-0.1, -0.05) is 0 Å². The number of aliphatic carboxylic acids is 1. The second-order valence-corrected chi connectivity index (χ2v) is 4.19. The van der Waals surface area contributed by atoms with Crippen LogP contribution in [0.1, 0.15) is 19.3 Å². The number of carbonyl (C=O) groups excluding carboxylic acids is 2. The Morgan fingerprint density at radius 3 is 2.72 bits per heavy atom. The molecule has 0 aromatic rings. The zero-order valence-electron chi connectivity index (χ0n) is 10.1. The Bertz CT molecular complexity index is 331. The van der Waals surface area contributed by atoms with E-state index in [0.717, 1.165) is 0 Å². The summed E-state index contributed by atoms with van der Waals surface area (Å²) in [5, 5.41) is 11.1. The van der Waals surface area contributed by atoms with Gasteiger partial charge in [-0.2, -0.15) is 0 Å². The zero-order chi connectivity index (χ0) is 13.5. The quantitative estimate of drug-likeness (QED) is 0.375. The van der Waals surface area contributed by atoms with E-state index < -0.39 is 17.9 Å². The van der Waals surface area contributed by atoms with Crippen LogP contribution in [0.15, 0.2) is 0 Å². The Kier molecular flexibility index (Phi) is 5.73. The Balaban J connectivity index is 1.97. The molecule has 0 aliphatic heterocycles. The maximum atomic E-state index is 11.4. The van der Waals surface area contributed by atoms with Crippen LogP contribution < -0.4 is 11.1 Å². The molecule has 1 aliphatic rings. The standard InChI is InChI=1S/C11H18N2O5/c12-8(11(16)17)3-5-18-6-4-13-10(15)7-1-2-9(7)14/h7-8H,1-6,12H2,(H,13,15)(H,16,17). The molecule has 7 heteroatoms. The molecule has 2 atom stereocenters. The number of ether oxygens (including phenoxy) is 1. The lowest BCUT2D eigenvalue weighted by molar-refractivity contribution is -0.140. The van der Waals surface area contributed by atoms with E-state index in [0.29, 0.717) is 19.4 Å². The number of nitrogens with one attached hydrogen (secondary N) is 1. The van der Waals surface area contributed by atoms with Crippen molar-refractivity contribution in [2.24, 2.45) is 11.7 Å². The van der Waals surface area contributed by atoms with Crippen molar-refractivity contribution in [3.8, 4) is 0 Å². The van der Waals surface area contributed by atoms with E-state index >= 15 is 0 Å². The van der Waals surface area contributed by atoms with Crippen molar-refractivity contribution in [3.63, 3.8) is 0 Å². The SMILES string of the molecule is NC(CCOCCNC(=O)C1CCC1=O)C(=O)O. The maximum absolute atomic E-state index is 11.4. The molecular weight excluding hydrogens is 240 g/mol. The monoisotopic (exact) mass is 258 g/mol. The van der Waals surface area contributed by atoms with E-state index in [-0.39, 0.29) is 31.3 Å². The van der Waals surface area contributed by atoms with Crippen molar-refractivity contribution in [1.29, 1.82) is 0 Å². The topological polar surface area (TPSA) is 119 Å². The third-order valence-electron chi connectivity index (χ3n) is 2.82. The molecule has 1 fully saturated rings. The molecule has 1 aliphatic carbocycles. The van der Waals surface area contributed by atoms with Crippen LogP contribution in [0.4, 0.5) is 0 Å². The molecule has 0 heterocycles. The molecule has 1 saturated carbocycles. The van der Waals surface area contributed by atoms with Gasteiger partial charge in [0.2, 0.25) is 5.91 Å². The minimum atomic E-state index is -1.06. The molecule has 7 nitrogen and oxygen atoms in total. The summed E-state index contributed by atoms with van der Waals surface area (Å²) in [7, 11) is 0. The molecule has 0 saturated heterocycles. The number of carbonyl (C=O) groups is 3. The molecule has 1 rings (SSSR count). The van der Waals surface area contributed by atoms with Gasteiger partial charge >= 0.3 is 5.97 Å². The van der Waals surface area contributed by atoms with Gasteiger partial charge in [0.15, 0.2) is 0 Å². The van der Waals surface area contributed by atoms with Crippen molar-refractivity contribution in [2.45, 2.75) is 25.3 Å². The summed E-state index contributed by atoms with van der Waals surface area (Å²) in [5.74, 6) is -1.81. The second-order valence-electron chi connectivity index (χ2n) is 4.19. The number of carboxylic acid groups (broad SMARTS) is 1. The number of carboxylic acids is 1. The number of rotatable bonds is 8. The summed E-state index contributed by atoms with van der Waals surface area (Å²) < 4.78 is 5.12. The van der Waals surface area contributed by atoms with Crippen LogP contribution >= 0.6 is 0 Å². The van der Waals surface area contributed by atoms with Gasteiger partial charge in [0, 0.05) is 19.6 Å². The average molecular weight is 258 g/mol. The molecule has 18 heavy (non-hydrogen) atoms. The fourth-order valence-corrected chi connectivity index (χ4v) is 1.49. The molecule has 0 bridgehead atoms. The number of ketones is 1.